The van der Waals surface area contributed by atoms with Crippen LogP contribution in [0, 0.1) is 5.82 Å². The number of hydrogen-bond acceptors (Lipinski definition) is 4. The zero-order chi connectivity index (χ0) is 13.2. The van der Waals surface area contributed by atoms with Gasteiger partial charge in [0.1, 0.15) is 5.82 Å². The van der Waals surface area contributed by atoms with E-state index in [0.29, 0.717) is 22.0 Å². The van der Waals surface area contributed by atoms with Gasteiger partial charge in [-0.1, -0.05) is 11.8 Å². The zero-order valence-corrected chi connectivity index (χ0v) is 10.5. The third-order valence-electron chi connectivity index (χ3n) is 2.58. The quantitative estimate of drug-likeness (QED) is 0.649. The van der Waals surface area contributed by atoms with E-state index in [4.69, 9.17) is 0 Å². The molecule has 1 aromatic heterocycles. The van der Waals surface area contributed by atoms with Gasteiger partial charge in [-0.2, -0.15) is 5.10 Å². The molecule has 0 bridgehead atoms. The van der Waals surface area contributed by atoms with Gasteiger partial charge in [0.15, 0.2) is 5.17 Å². The fourth-order valence-electron chi connectivity index (χ4n) is 1.75. The lowest BCUT2D eigenvalue weighted by atomic mass is 10.1. The molecule has 2 N–H and O–H groups in total. The maximum Gasteiger partial charge on any atom is 0.236 e. The van der Waals surface area contributed by atoms with Crippen LogP contribution in [0.2, 0.25) is 0 Å². The van der Waals surface area contributed by atoms with Gasteiger partial charge in [-0.15, -0.1) is 5.10 Å². The van der Waals surface area contributed by atoms with Crippen LogP contribution in [0.1, 0.15) is 5.56 Å². The van der Waals surface area contributed by atoms with Gasteiger partial charge in [0, 0.05) is 11.6 Å². The first kappa shape index (κ1) is 11.9. The van der Waals surface area contributed by atoms with Crippen LogP contribution in [-0.4, -0.2) is 28.0 Å². The first-order valence-corrected chi connectivity index (χ1v) is 6.51. The summed E-state index contributed by atoms with van der Waals surface area (Å²) >= 11 is 1.29. The Labute approximate surface area is 112 Å². The summed E-state index contributed by atoms with van der Waals surface area (Å²) < 4.78 is 13.7. The summed E-state index contributed by atoms with van der Waals surface area (Å²) in [5.74, 6) is -0.0583. The van der Waals surface area contributed by atoms with Gasteiger partial charge < -0.3 is 10.3 Å². The predicted molar refractivity (Wildman–Crippen MR) is 73.9 cm³/mol. The molecule has 96 valence electrons. The molecule has 0 atom stereocenters. The number of benzene rings is 1. The van der Waals surface area contributed by atoms with E-state index < -0.39 is 0 Å². The second-order valence-electron chi connectivity index (χ2n) is 3.93. The lowest BCUT2D eigenvalue weighted by Crippen LogP contribution is -2.19. The number of nitrogens with zero attached hydrogens (tertiary/aromatic N) is 2. The smallest absolute Gasteiger partial charge is 0.236 e. The number of amides is 1. The van der Waals surface area contributed by atoms with Crippen molar-refractivity contribution in [3.05, 3.63) is 35.8 Å². The van der Waals surface area contributed by atoms with Crippen LogP contribution in [-0.2, 0) is 4.79 Å². The van der Waals surface area contributed by atoms with Crippen molar-refractivity contribution in [2.75, 3.05) is 5.75 Å². The number of hydrogen-bond donors (Lipinski definition) is 2. The molecule has 3 rings (SSSR count). The molecule has 0 spiro atoms. The van der Waals surface area contributed by atoms with Crippen LogP contribution in [0.25, 0.3) is 10.9 Å². The van der Waals surface area contributed by atoms with Crippen molar-refractivity contribution in [2.45, 2.75) is 0 Å². The highest BCUT2D eigenvalue weighted by molar-refractivity contribution is 8.15. The first-order chi connectivity index (χ1) is 9.22. The average molecular weight is 276 g/mol. The summed E-state index contributed by atoms with van der Waals surface area (Å²) in [5, 5.41) is 11.5. The Balaban J connectivity index is 1.83. The van der Waals surface area contributed by atoms with Gasteiger partial charge in [-0.25, -0.2) is 4.39 Å². The Bertz CT molecular complexity index is 707. The van der Waals surface area contributed by atoms with E-state index in [1.54, 1.807) is 18.3 Å². The summed E-state index contributed by atoms with van der Waals surface area (Å²) in [5.41, 5.74) is 1.09. The summed E-state index contributed by atoms with van der Waals surface area (Å²) in [6.07, 6.45) is 3.13. The standard InChI is InChI=1S/C12H9FN4OS/c13-9-4-7(3-8-1-2-14-11(8)9)5-15-17-12-16-10(18)6-19-12/h1-5,14H,6H2,(H,16,17,18). The van der Waals surface area contributed by atoms with Crippen molar-refractivity contribution in [1.29, 1.82) is 0 Å². The van der Waals surface area contributed by atoms with E-state index >= 15 is 0 Å². The Hall–Kier alpha value is -2.15. The molecule has 1 fully saturated rings. The van der Waals surface area contributed by atoms with Crippen molar-refractivity contribution >= 4 is 40.0 Å². The highest BCUT2D eigenvalue weighted by Crippen LogP contribution is 2.17. The van der Waals surface area contributed by atoms with E-state index in [9.17, 15) is 9.18 Å². The van der Waals surface area contributed by atoms with Gasteiger partial charge in [0.25, 0.3) is 0 Å². The van der Waals surface area contributed by atoms with Gasteiger partial charge >= 0.3 is 0 Å². The number of H-pyrrole nitrogens is 1. The molecule has 7 heteroatoms. The maximum absolute atomic E-state index is 13.7. The number of amidine groups is 1. The van der Waals surface area contributed by atoms with Crippen LogP contribution >= 0.6 is 11.8 Å². The molecule has 1 saturated heterocycles. The number of nitrogens with one attached hydrogen (secondary N) is 2. The van der Waals surface area contributed by atoms with Gasteiger partial charge in [0.05, 0.1) is 17.5 Å². The molecule has 1 amide bonds. The SMILES string of the molecule is O=C1CSC(=NN=Cc2cc(F)c3[nH]ccc3c2)N1. The molecule has 1 aliphatic rings. The van der Waals surface area contributed by atoms with Crippen molar-refractivity contribution in [1.82, 2.24) is 10.3 Å². The van der Waals surface area contributed by atoms with Crippen molar-refractivity contribution in [2.24, 2.45) is 10.2 Å². The highest BCUT2D eigenvalue weighted by atomic mass is 32.2. The molecule has 2 heterocycles. The number of carbonyl (C=O) groups is 1. The minimum Gasteiger partial charge on any atom is -0.359 e. The van der Waals surface area contributed by atoms with E-state index in [2.05, 4.69) is 20.5 Å². The Kier molecular flexibility index (Phi) is 3.04. The van der Waals surface area contributed by atoms with Gasteiger partial charge in [-0.3, -0.25) is 4.79 Å². The third-order valence-corrected chi connectivity index (χ3v) is 3.44. The fourth-order valence-corrected chi connectivity index (χ4v) is 2.38. The zero-order valence-electron chi connectivity index (χ0n) is 9.68. The summed E-state index contributed by atoms with van der Waals surface area (Å²) in [6.45, 7) is 0. The molecule has 0 radical (unpaired) electrons. The fraction of sp³-hybridized carbons (Fsp3) is 0.0833. The molecular weight excluding hydrogens is 267 g/mol. The van der Waals surface area contributed by atoms with Crippen LogP contribution < -0.4 is 5.32 Å². The molecule has 1 aromatic carbocycles. The minimum atomic E-state index is -0.333. The topological polar surface area (TPSA) is 69.6 Å². The number of fused-ring (bicyclic) bond motifs is 1. The Morgan fingerprint density at radius 3 is 3.11 bits per heavy atom. The molecule has 0 saturated carbocycles. The number of aromatic nitrogens is 1. The summed E-state index contributed by atoms with van der Waals surface area (Å²) in [6, 6.07) is 4.97. The monoisotopic (exact) mass is 276 g/mol. The number of halogens is 1. The molecular formula is C12H9FN4OS. The number of aromatic amines is 1. The minimum absolute atomic E-state index is 0.0845. The third kappa shape index (κ3) is 2.50. The molecule has 19 heavy (non-hydrogen) atoms. The first-order valence-electron chi connectivity index (χ1n) is 5.53. The van der Waals surface area contributed by atoms with E-state index in [0.717, 1.165) is 5.39 Å². The van der Waals surface area contributed by atoms with Crippen molar-refractivity contribution in [3.63, 3.8) is 0 Å². The van der Waals surface area contributed by atoms with Crippen molar-refractivity contribution < 1.29 is 9.18 Å². The molecule has 2 aromatic rings. The molecule has 0 aliphatic carbocycles. The number of rotatable bonds is 2. The van der Waals surface area contributed by atoms with Crippen molar-refractivity contribution in [3.8, 4) is 0 Å². The maximum atomic E-state index is 13.7. The number of thioether (sulfide) groups is 1. The summed E-state index contributed by atoms with van der Waals surface area (Å²) in [4.78, 5) is 13.8. The lowest BCUT2D eigenvalue weighted by Gasteiger charge is -1.96. The molecule has 5 nitrogen and oxygen atoms in total. The molecule has 1 aliphatic heterocycles. The lowest BCUT2D eigenvalue weighted by molar-refractivity contribution is -0.116. The largest absolute Gasteiger partial charge is 0.359 e. The normalized spacial score (nSPS) is 17.7. The Morgan fingerprint density at radius 2 is 2.32 bits per heavy atom. The van der Waals surface area contributed by atoms with Crippen LogP contribution in [0.5, 0.6) is 0 Å². The van der Waals surface area contributed by atoms with E-state index in [1.807, 2.05) is 0 Å². The highest BCUT2D eigenvalue weighted by Gasteiger charge is 2.15. The average Bonchev–Trinajstić information content (AvgIpc) is 2.98. The van der Waals surface area contributed by atoms with Crippen LogP contribution in [0.4, 0.5) is 4.39 Å². The van der Waals surface area contributed by atoms with Gasteiger partial charge in [0.2, 0.25) is 5.91 Å². The second-order valence-corrected chi connectivity index (χ2v) is 4.90. The van der Waals surface area contributed by atoms with Gasteiger partial charge in [-0.05, 0) is 23.8 Å². The second kappa shape index (κ2) is 4.85. The predicted octanol–water partition coefficient (Wildman–Crippen LogP) is 1.86. The molecule has 0 unspecified atom stereocenters. The van der Waals surface area contributed by atoms with Crippen LogP contribution in [0.15, 0.2) is 34.6 Å². The number of carbonyl (C=O) groups excluding carboxylic acids is 1. The van der Waals surface area contributed by atoms with Crippen LogP contribution in [0.3, 0.4) is 0 Å². The van der Waals surface area contributed by atoms with E-state index in [-0.39, 0.29) is 11.7 Å². The van der Waals surface area contributed by atoms with E-state index in [1.165, 1.54) is 24.0 Å². The Morgan fingerprint density at radius 1 is 1.42 bits per heavy atom. The summed E-state index contributed by atoms with van der Waals surface area (Å²) in [7, 11) is 0.